The van der Waals surface area contributed by atoms with Crippen LogP contribution in [0.15, 0.2) is 35.1 Å². The molecule has 1 aromatic heterocycles. The first kappa shape index (κ1) is 19.5. The van der Waals surface area contributed by atoms with Crippen LogP contribution in [0.2, 0.25) is 0 Å². The van der Waals surface area contributed by atoms with Gasteiger partial charge in [-0.1, -0.05) is 24.3 Å². The Bertz CT molecular complexity index is 1140. The van der Waals surface area contributed by atoms with Crippen molar-refractivity contribution >= 4 is 27.7 Å². The summed E-state index contributed by atoms with van der Waals surface area (Å²) in [5.74, 6) is 0.103. The predicted molar refractivity (Wildman–Crippen MR) is 114 cm³/mol. The maximum Gasteiger partial charge on any atom is 0.224 e. The van der Waals surface area contributed by atoms with Crippen molar-refractivity contribution in [1.82, 2.24) is 19.9 Å². The molecule has 1 amide bonds. The molecule has 7 nitrogen and oxygen atoms in total. The van der Waals surface area contributed by atoms with E-state index in [9.17, 15) is 9.59 Å². The number of rotatable bonds is 3. The van der Waals surface area contributed by atoms with E-state index in [2.05, 4.69) is 0 Å². The molecule has 29 heavy (non-hydrogen) atoms. The van der Waals surface area contributed by atoms with E-state index in [1.165, 1.54) is 0 Å². The van der Waals surface area contributed by atoms with Crippen LogP contribution < -0.4 is 11.2 Å². The molecule has 4 rings (SSSR count). The van der Waals surface area contributed by atoms with Gasteiger partial charge in [-0.3, -0.25) is 9.59 Å². The third-order valence-corrected chi connectivity index (χ3v) is 5.55. The van der Waals surface area contributed by atoms with Crippen molar-refractivity contribution in [3.8, 4) is 0 Å². The minimum atomic E-state index is -0.496. The number of fused-ring (bicyclic) bond motifs is 3. The summed E-state index contributed by atoms with van der Waals surface area (Å²) in [5, 5.41) is 11.0. The zero-order chi connectivity index (χ0) is 20.8. The van der Waals surface area contributed by atoms with Gasteiger partial charge < -0.3 is 10.6 Å². The van der Waals surface area contributed by atoms with Crippen molar-refractivity contribution in [2.24, 2.45) is 5.73 Å². The topological polar surface area (TPSA) is 94.1 Å². The zero-order valence-electron chi connectivity index (χ0n) is 17.2. The first-order valence-corrected chi connectivity index (χ1v) is 10.1. The van der Waals surface area contributed by atoms with Gasteiger partial charge in [0, 0.05) is 35.8 Å². The highest BCUT2D eigenvalue weighted by molar-refractivity contribution is 6.02. The van der Waals surface area contributed by atoms with E-state index in [4.69, 9.17) is 15.9 Å². The first-order valence-electron chi connectivity index (χ1n) is 10.1. The third kappa shape index (κ3) is 3.87. The lowest BCUT2D eigenvalue weighted by atomic mass is 9.99. The average Bonchev–Trinajstić information content (AvgIpc) is 3.08. The maximum absolute atomic E-state index is 12.5. The van der Waals surface area contributed by atoms with Crippen LogP contribution in [0.1, 0.15) is 44.7 Å². The van der Waals surface area contributed by atoms with Gasteiger partial charge >= 0.3 is 0 Å². The summed E-state index contributed by atoms with van der Waals surface area (Å²) in [7, 11) is 0. The van der Waals surface area contributed by atoms with Gasteiger partial charge in [-0.05, 0) is 45.2 Å². The number of nitrogens with two attached hydrogens (primary N) is 1. The van der Waals surface area contributed by atoms with Gasteiger partial charge in [0.1, 0.15) is 11.0 Å². The minimum Gasteiger partial charge on any atom is -0.342 e. The van der Waals surface area contributed by atoms with Crippen LogP contribution in [-0.2, 0) is 4.79 Å². The van der Waals surface area contributed by atoms with Crippen LogP contribution in [0.5, 0.6) is 0 Å². The van der Waals surface area contributed by atoms with Crippen molar-refractivity contribution in [1.29, 1.82) is 0 Å². The molecule has 0 bridgehead atoms. The van der Waals surface area contributed by atoms with E-state index in [1.54, 1.807) is 10.9 Å². The number of carbonyl (C=O) groups is 1. The normalized spacial score (nSPS) is 15.9. The Labute approximate surface area is 169 Å². The molecular formula is C22H27N5O2. The number of likely N-dealkylation sites (tertiary alicyclic amines) is 1. The SMILES string of the molecule is Cc1cc(=O)c2ccccc2c2nn(C3CCN(C(=O)CC(C)(C)N)CC3)nc12. The van der Waals surface area contributed by atoms with Crippen LogP contribution in [0.25, 0.3) is 21.8 Å². The Balaban J connectivity index is 1.63. The van der Waals surface area contributed by atoms with Crippen LogP contribution in [-0.4, -0.2) is 44.4 Å². The maximum atomic E-state index is 12.5. The highest BCUT2D eigenvalue weighted by Gasteiger charge is 2.28. The van der Waals surface area contributed by atoms with Gasteiger partial charge in [0.2, 0.25) is 5.91 Å². The van der Waals surface area contributed by atoms with Crippen molar-refractivity contribution in [3.05, 3.63) is 46.1 Å². The number of piperidine rings is 1. The van der Waals surface area contributed by atoms with E-state index in [0.717, 1.165) is 34.8 Å². The molecule has 0 radical (unpaired) electrons. The number of hydrogen-bond acceptors (Lipinski definition) is 5. The molecule has 1 aliphatic heterocycles. The van der Waals surface area contributed by atoms with Crippen LogP contribution in [0, 0.1) is 6.92 Å². The summed E-state index contributed by atoms with van der Waals surface area (Å²) in [6.07, 6.45) is 1.95. The van der Waals surface area contributed by atoms with Gasteiger partial charge in [-0.15, -0.1) is 0 Å². The Hall–Kier alpha value is -2.80. The van der Waals surface area contributed by atoms with E-state index in [0.29, 0.717) is 24.9 Å². The molecule has 3 aromatic rings. The minimum absolute atomic E-state index is 0.0147. The summed E-state index contributed by atoms with van der Waals surface area (Å²) in [6, 6.07) is 9.31. The molecule has 0 aliphatic carbocycles. The smallest absolute Gasteiger partial charge is 0.224 e. The molecule has 1 saturated heterocycles. The van der Waals surface area contributed by atoms with E-state index in [1.807, 2.05) is 49.9 Å². The summed E-state index contributed by atoms with van der Waals surface area (Å²) >= 11 is 0. The second-order valence-electron chi connectivity index (χ2n) is 8.73. The standard InChI is InChI=1S/C22H27N5O2/c1-14-12-18(28)16-6-4-5-7-17(16)21-20(14)24-27(25-21)15-8-10-26(11-9-15)19(29)13-22(2,3)23/h4-7,12,15H,8-11,13,23H2,1-3H3. The fraction of sp³-hybridized carbons (Fsp3) is 0.455. The molecule has 2 aromatic carbocycles. The summed E-state index contributed by atoms with van der Waals surface area (Å²) in [5.41, 5.74) is 7.81. The van der Waals surface area contributed by atoms with Gasteiger partial charge in [0.15, 0.2) is 5.43 Å². The summed E-state index contributed by atoms with van der Waals surface area (Å²) in [4.78, 5) is 28.6. The molecule has 0 atom stereocenters. The van der Waals surface area contributed by atoms with Crippen molar-refractivity contribution in [2.75, 3.05) is 13.1 Å². The number of nitrogens with zero attached hydrogens (tertiary/aromatic N) is 4. The second-order valence-corrected chi connectivity index (χ2v) is 8.73. The lowest BCUT2D eigenvalue weighted by molar-refractivity contribution is -0.133. The number of carbonyl (C=O) groups excluding carboxylic acids is 1. The Morgan fingerprint density at radius 3 is 2.41 bits per heavy atom. The number of amides is 1. The molecule has 0 saturated carbocycles. The van der Waals surface area contributed by atoms with Crippen LogP contribution in [0.4, 0.5) is 0 Å². The van der Waals surface area contributed by atoms with Crippen molar-refractivity contribution < 1.29 is 4.79 Å². The number of aryl methyl sites for hydroxylation is 1. The number of hydrogen-bond donors (Lipinski definition) is 1. The predicted octanol–water partition coefficient (Wildman–Crippen LogP) is 2.54. The largest absolute Gasteiger partial charge is 0.342 e. The lowest BCUT2D eigenvalue weighted by Gasteiger charge is -2.33. The molecular weight excluding hydrogens is 366 g/mol. The quantitative estimate of drug-likeness (QED) is 0.738. The molecule has 1 aliphatic rings. The van der Waals surface area contributed by atoms with Crippen molar-refractivity contribution in [3.63, 3.8) is 0 Å². The third-order valence-electron chi connectivity index (χ3n) is 5.55. The lowest BCUT2D eigenvalue weighted by Crippen LogP contribution is -2.44. The second kappa shape index (κ2) is 7.22. The zero-order valence-corrected chi connectivity index (χ0v) is 17.2. The molecule has 2 heterocycles. The Kier molecular flexibility index (Phi) is 4.86. The van der Waals surface area contributed by atoms with E-state index >= 15 is 0 Å². The van der Waals surface area contributed by atoms with E-state index < -0.39 is 5.54 Å². The number of benzene rings is 1. The molecule has 2 N–H and O–H groups in total. The Morgan fingerprint density at radius 1 is 1.14 bits per heavy atom. The summed E-state index contributed by atoms with van der Waals surface area (Å²) in [6.45, 7) is 7.00. The molecule has 7 heteroatoms. The van der Waals surface area contributed by atoms with Crippen LogP contribution in [0.3, 0.4) is 0 Å². The van der Waals surface area contributed by atoms with E-state index in [-0.39, 0.29) is 17.4 Å². The van der Waals surface area contributed by atoms with Crippen molar-refractivity contribution in [2.45, 2.75) is 51.6 Å². The molecule has 1 fully saturated rings. The van der Waals surface area contributed by atoms with Gasteiger partial charge in [0.25, 0.3) is 0 Å². The molecule has 0 spiro atoms. The highest BCUT2D eigenvalue weighted by Crippen LogP contribution is 2.26. The monoisotopic (exact) mass is 393 g/mol. The molecule has 0 unspecified atom stereocenters. The van der Waals surface area contributed by atoms with Gasteiger partial charge in [0.05, 0.1) is 6.04 Å². The first-order chi connectivity index (χ1) is 13.7. The van der Waals surface area contributed by atoms with Crippen LogP contribution >= 0.6 is 0 Å². The highest BCUT2D eigenvalue weighted by atomic mass is 16.2. The Morgan fingerprint density at radius 2 is 1.76 bits per heavy atom. The molecule has 152 valence electrons. The summed E-state index contributed by atoms with van der Waals surface area (Å²) < 4.78 is 0. The van der Waals surface area contributed by atoms with Gasteiger partial charge in [-0.25, -0.2) is 0 Å². The number of aromatic nitrogens is 3. The fourth-order valence-electron chi connectivity index (χ4n) is 4.03. The average molecular weight is 393 g/mol. The fourth-order valence-corrected chi connectivity index (χ4v) is 4.03. The van der Waals surface area contributed by atoms with Gasteiger partial charge in [-0.2, -0.15) is 15.0 Å².